The Bertz CT molecular complexity index is 1390. The van der Waals surface area contributed by atoms with Crippen molar-refractivity contribution in [1.82, 2.24) is 0 Å². The second-order valence-electron chi connectivity index (χ2n) is 23.1. The van der Waals surface area contributed by atoms with E-state index in [-0.39, 0.29) is 31.1 Å². The molecule has 0 rings (SSSR count). The molecule has 0 spiro atoms. The molecule has 0 aliphatic carbocycles. The molecule has 0 aromatic carbocycles. The molecule has 0 amide bonds. The molecular weight excluding hydrogens is 961 g/mol. The number of carbonyl (C=O) groups excluding carboxylic acids is 3. The summed E-state index contributed by atoms with van der Waals surface area (Å²) in [5.41, 5.74) is 0. The molecule has 0 N–H and O–H groups in total. The lowest BCUT2D eigenvalue weighted by Crippen LogP contribution is -2.30. The first-order valence-corrected chi connectivity index (χ1v) is 34.3. The fourth-order valence-electron chi connectivity index (χ4n) is 10.1. The van der Waals surface area contributed by atoms with Crippen molar-refractivity contribution in [2.45, 2.75) is 367 Å². The maximum Gasteiger partial charge on any atom is 0.306 e. The van der Waals surface area contributed by atoms with E-state index in [9.17, 15) is 14.4 Å². The van der Waals surface area contributed by atoms with Crippen LogP contribution in [-0.2, 0) is 28.6 Å². The predicted molar refractivity (Wildman–Crippen MR) is 339 cm³/mol. The van der Waals surface area contributed by atoms with Crippen molar-refractivity contribution < 1.29 is 28.6 Å². The van der Waals surface area contributed by atoms with E-state index in [0.29, 0.717) is 19.3 Å². The quantitative estimate of drug-likeness (QED) is 0.0261. The molecule has 78 heavy (non-hydrogen) atoms. The highest BCUT2D eigenvalue weighted by atomic mass is 16.6. The topological polar surface area (TPSA) is 78.9 Å². The molecule has 0 aromatic rings. The Labute approximate surface area is 485 Å². The lowest BCUT2D eigenvalue weighted by molar-refractivity contribution is -0.167. The SMILES string of the molecule is CC/C=C\C/C=C\C/C=C\CCCCCC(=O)OCC(COC(=O)CCCCCCCCCCCCCCC/C=C\C/C=C\CCCCCCC)OC(=O)CCCCCCCCCCCCCCCCCCCCCCCC. The third-order valence-corrected chi connectivity index (χ3v) is 15.3. The molecule has 6 nitrogen and oxygen atoms in total. The second-order valence-corrected chi connectivity index (χ2v) is 23.1. The van der Waals surface area contributed by atoms with Gasteiger partial charge in [0.15, 0.2) is 6.10 Å². The maximum atomic E-state index is 12.9. The van der Waals surface area contributed by atoms with Crippen LogP contribution < -0.4 is 0 Å². The minimum atomic E-state index is -0.786. The first-order chi connectivity index (χ1) is 38.5. The summed E-state index contributed by atoms with van der Waals surface area (Å²) < 4.78 is 16.9. The van der Waals surface area contributed by atoms with E-state index in [4.69, 9.17) is 14.2 Å². The van der Waals surface area contributed by atoms with Gasteiger partial charge in [0.2, 0.25) is 0 Å². The van der Waals surface area contributed by atoms with Gasteiger partial charge in [-0.1, -0.05) is 319 Å². The van der Waals surface area contributed by atoms with Crippen molar-refractivity contribution in [2.75, 3.05) is 13.2 Å². The summed E-state index contributed by atoms with van der Waals surface area (Å²) in [5, 5.41) is 0. The molecule has 0 aliphatic rings. The van der Waals surface area contributed by atoms with Gasteiger partial charge >= 0.3 is 17.9 Å². The lowest BCUT2D eigenvalue weighted by atomic mass is 10.0. The van der Waals surface area contributed by atoms with E-state index in [1.807, 2.05) is 0 Å². The molecule has 6 heteroatoms. The molecule has 0 saturated heterocycles. The molecule has 0 heterocycles. The van der Waals surface area contributed by atoms with Crippen LogP contribution in [-0.4, -0.2) is 37.2 Å². The zero-order valence-corrected chi connectivity index (χ0v) is 52.2. The number of hydrogen-bond acceptors (Lipinski definition) is 6. The molecule has 0 aliphatic heterocycles. The van der Waals surface area contributed by atoms with E-state index in [1.165, 1.54) is 231 Å². The molecule has 0 saturated carbocycles. The molecule has 0 bridgehead atoms. The van der Waals surface area contributed by atoms with Crippen LogP contribution in [0.15, 0.2) is 60.8 Å². The van der Waals surface area contributed by atoms with Gasteiger partial charge in [0.25, 0.3) is 0 Å². The standard InChI is InChI=1S/C72H130O6/c1-4-7-10-13-16-19-22-25-27-29-31-33-35-36-37-39-40-42-44-47-50-53-56-59-62-65-71(74)77-68-69(67-76-70(73)64-61-58-55-52-49-46-24-21-18-15-12-9-6-3)78-72(75)66-63-60-57-54-51-48-45-43-41-38-34-32-30-28-26-23-20-17-14-11-8-5-2/h9,12,18,21-22,25,29,31,46,49,69H,4-8,10-11,13-17,19-20,23-24,26-28,30,32-45,47-48,50-68H2,1-3H3/b12-9-,21-18-,25-22-,31-29-,49-46-. The Morgan fingerprint density at radius 3 is 0.795 bits per heavy atom. The Morgan fingerprint density at radius 2 is 0.500 bits per heavy atom. The summed E-state index contributed by atoms with van der Waals surface area (Å²) in [4.78, 5) is 38.4. The molecule has 0 aromatic heterocycles. The van der Waals surface area contributed by atoms with Crippen LogP contribution in [0.1, 0.15) is 361 Å². The number of esters is 3. The predicted octanol–water partition coefficient (Wildman–Crippen LogP) is 23.5. The Morgan fingerprint density at radius 1 is 0.269 bits per heavy atom. The Balaban J connectivity index is 4.26. The number of unbranched alkanes of at least 4 members (excludes halogenated alkanes) is 42. The lowest BCUT2D eigenvalue weighted by Gasteiger charge is -2.18. The summed E-state index contributed by atoms with van der Waals surface area (Å²) >= 11 is 0. The van der Waals surface area contributed by atoms with Gasteiger partial charge in [-0.3, -0.25) is 14.4 Å². The van der Waals surface area contributed by atoms with E-state index in [2.05, 4.69) is 81.5 Å². The van der Waals surface area contributed by atoms with Crippen molar-refractivity contribution >= 4 is 17.9 Å². The van der Waals surface area contributed by atoms with Crippen LogP contribution >= 0.6 is 0 Å². The van der Waals surface area contributed by atoms with Crippen LogP contribution in [0, 0.1) is 0 Å². The van der Waals surface area contributed by atoms with E-state index in [0.717, 1.165) is 89.9 Å². The van der Waals surface area contributed by atoms with Crippen molar-refractivity contribution in [3.8, 4) is 0 Å². The second kappa shape index (κ2) is 66.6. The number of allylic oxidation sites excluding steroid dienone is 10. The van der Waals surface area contributed by atoms with Crippen LogP contribution in [0.5, 0.6) is 0 Å². The van der Waals surface area contributed by atoms with Crippen molar-refractivity contribution in [3.05, 3.63) is 60.8 Å². The van der Waals surface area contributed by atoms with Crippen LogP contribution in [0.3, 0.4) is 0 Å². The van der Waals surface area contributed by atoms with Gasteiger partial charge in [-0.05, 0) is 83.5 Å². The van der Waals surface area contributed by atoms with Crippen LogP contribution in [0.4, 0.5) is 0 Å². The highest BCUT2D eigenvalue weighted by Gasteiger charge is 2.19. The fraction of sp³-hybridized carbons (Fsp3) is 0.819. The summed E-state index contributed by atoms with van der Waals surface area (Å²) in [7, 11) is 0. The average Bonchev–Trinajstić information content (AvgIpc) is 3.44. The summed E-state index contributed by atoms with van der Waals surface area (Å²) in [6, 6.07) is 0. The maximum absolute atomic E-state index is 12.9. The van der Waals surface area contributed by atoms with E-state index in [1.54, 1.807) is 0 Å². The molecule has 1 atom stereocenters. The zero-order valence-electron chi connectivity index (χ0n) is 52.2. The van der Waals surface area contributed by atoms with Crippen molar-refractivity contribution in [2.24, 2.45) is 0 Å². The molecule has 0 radical (unpaired) electrons. The molecule has 0 fully saturated rings. The van der Waals surface area contributed by atoms with Crippen molar-refractivity contribution in [1.29, 1.82) is 0 Å². The summed E-state index contributed by atoms with van der Waals surface area (Å²) in [6.45, 7) is 6.55. The van der Waals surface area contributed by atoms with Gasteiger partial charge in [0.05, 0.1) is 0 Å². The number of hydrogen-bond donors (Lipinski definition) is 0. The van der Waals surface area contributed by atoms with Crippen LogP contribution in [0.25, 0.3) is 0 Å². The Kier molecular flexibility index (Phi) is 64.2. The minimum absolute atomic E-state index is 0.0804. The summed E-state index contributed by atoms with van der Waals surface area (Å²) in [6.07, 6.45) is 85.4. The number of carbonyl (C=O) groups is 3. The normalized spacial score (nSPS) is 12.4. The van der Waals surface area contributed by atoms with E-state index >= 15 is 0 Å². The third kappa shape index (κ3) is 63.9. The summed E-state index contributed by atoms with van der Waals surface area (Å²) in [5.74, 6) is -0.889. The van der Waals surface area contributed by atoms with Gasteiger partial charge in [-0.15, -0.1) is 0 Å². The first kappa shape index (κ1) is 75.1. The largest absolute Gasteiger partial charge is 0.462 e. The van der Waals surface area contributed by atoms with Gasteiger partial charge in [0.1, 0.15) is 13.2 Å². The fourth-order valence-corrected chi connectivity index (χ4v) is 10.1. The highest BCUT2D eigenvalue weighted by Crippen LogP contribution is 2.18. The van der Waals surface area contributed by atoms with Gasteiger partial charge in [0, 0.05) is 19.3 Å². The van der Waals surface area contributed by atoms with E-state index < -0.39 is 6.10 Å². The number of rotatable bonds is 63. The van der Waals surface area contributed by atoms with Crippen LogP contribution in [0.2, 0.25) is 0 Å². The Hall–Kier alpha value is -2.89. The minimum Gasteiger partial charge on any atom is -0.462 e. The molecule has 454 valence electrons. The third-order valence-electron chi connectivity index (χ3n) is 15.3. The first-order valence-electron chi connectivity index (χ1n) is 34.3. The highest BCUT2D eigenvalue weighted by molar-refractivity contribution is 5.71. The monoisotopic (exact) mass is 1090 g/mol. The zero-order chi connectivity index (χ0) is 56.4. The molecule has 1 unspecified atom stereocenters. The average molecular weight is 1090 g/mol. The smallest absolute Gasteiger partial charge is 0.306 e. The van der Waals surface area contributed by atoms with Gasteiger partial charge in [-0.25, -0.2) is 0 Å². The van der Waals surface area contributed by atoms with Gasteiger partial charge < -0.3 is 14.2 Å². The van der Waals surface area contributed by atoms with Gasteiger partial charge in [-0.2, -0.15) is 0 Å². The number of ether oxygens (including phenoxy) is 3. The molecular formula is C72H130O6. The van der Waals surface area contributed by atoms with Crippen molar-refractivity contribution in [3.63, 3.8) is 0 Å².